The van der Waals surface area contributed by atoms with Crippen molar-refractivity contribution in [3.05, 3.63) is 69.9 Å². The minimum atomic E-state index is -0.181. The highest BCUT2D eigenvalue weighted by Crippen LogP contribution is 2.35. The lowest BCUT2D eigenvalue weighted by atomic mass is 10.1. The van der Waals surface area contributed by atoms with Gasteiger partial charge in [0.1, 0.15) is 17.8 Å². The lowest BCUT2D eigenvalue weighted by Gasteiger charge is -2.18. The number of carbonyl (C=O) groups is 1. The van der Waals surface area contributed by atoms with Gasteiger partial charge in [0.05, 0.1) is 32.6 Å². The minimum absolute atomic E-state index is 0.110. The van der Waals surface area contributed by atoms with Gasteiger partial charge in [-0.05, 0) is 43.5 Å². The van der Waals surface area contributed by atoms with Crippen molar-refractivity contribution in [3.63, 3.8) is 0 Å². The van der Waals surface area contributed by atoms with Gasteiger partial charge in [0, 0.05) is 24.2 Å². The molecule has 0 fully saturated rings. The molecule has 0 aliphatic rings. The molecule has 4 aromatic heterocycles. The predicted octanol–water partition coefficient (Wildman–Crippen LogP) is 5.24. The Bertz CT molecular complexity index is 1990. The molecule has 2 aromatic carbocycles. The van der Waals surface area contributed by atoms with Crippen LogP contribution in [0.1, 0.15) is 32.5 Å². The summed E-state index contributed by atoms with van der Waals surface area (Å²) < 4.78 is 4.36. The van der Waals surface area contributed by atoms with Crippen molar-refractivity contribution in [2.45, 2.75) is 33.4 Å². The van der Waals surface area contributed by atoms with E-state index in [1.165, 1.54) is 24.6 Å². The largest absolute Gasteiger partial charge is 0.383 e. The van der Waals surface area contributed by atoms with Crippen molar-refractivity contribution >= 4 is 71.8 Å². The van der Waals surface area contributed by atoms with E-state index in [2.05, 4.69) is 20.3 Å². The van der Waals surface area contributed by atoms with Crippen molar-refractivity contribution in [1.82, 2.24) is 29.3 Å². The number of nitrogens with two attached hydrogens (primary N) is 1. The molecule has 0 saturated carbocycles. The number of anilines is 2. The Balaban J connectivity index is 1.52. The lowest BCUT2D eigenvalue weighted by molar-refractivity contribution is -0.114. The number of nitrogens with one attached hydrogen (secondary N) is 1. The van der Waals surface area contributed by atoms with E-state index in [1.54, 1.807) is 15.3 Å². The minimum Gasteiger partial charge on any atom is -0.383 e. The van der Waals surface area contributed by atoms with Gasteiger partial charge in [0.25, 0.3) is 5.56 Å². The molecular weight excluding hydrogens is 536 g/mol. The molecule has 1 amide bonds. The molecule has 0 saturated heterocycles. The molecule has 0 aliphatic heterocycles. The summed E-state index contributed by atoms with van der Waals surface area (Å²) >= 11 is 7.77. The Morgan fingerprint density at radius 3 is 2.74 bits per heavy atom. The Morgan fingerprint density at radius 1 is 1.15 bits per heavy atom. The SMILES string of the molecule is CC(=O)Nc1nc2ccc(-c3nn(Cc4cc5cccc(Cl)c5c(=O)n4C(C)C)c4ncnc(N)c34)cc2s1. The van der Waals surface area contributed by atoms with Crippen LogP contribution in [-0.2, 0) is 11.3 Å². The number of amides is 1. The van der Waals surface area contributed by atoms with Gasteiger partial charge in [0.2, 0.25) is 5.91 Å². The second-order valence-electron chi connectivity index (χ2n) is 9.46. The van der Waals surface area contributed by atoms with Gasteiger partial charge >= 0.3 is 0 Å². The number of hydrogen-bond acceptors (Lipinski definition) is 8. The number of pyridine rings is 1. The van der Waals surface area contributed by atoms with Gasteiger partial charge in [-0.25, -0.2) is 19.6 Å². The molecule has 0 radical (unpaired) electrons. The third kappa shape index (κ3) is 4.29. The first-order valence-electron chi connectivity index (χ1n) is 12.2. The molecular formula is C27H23ClN8O2S. The zero-order valence-corrected chi connectivity index (χ0v) is 22.8. The monoisotopic (exact) mass is 558 g/mol. The summed E-state index contributed by atoms with van der Waals surface area (Å²) in [6, 6.07) is 13.0. The first kappa shape index (κ1) is 25.0. The molecule has 0 aliphatic carbocycles. The van der Waals surface area contributed by atoms with Crippen molar-refractivity contribution in [2.24, 2.45) is 0 Å². The molecule has 0 spiro atoms. The molecule has 39 heavy (non-hydrogen) atoms. The standard InChI is InChI=1S/C27H23ClN8O2S/c1-13(2)36-17(9-15-5-4-6-18(28)21(15)26(36)38)11-35-25-22(24(29)30-12-31-25)23(34-35)16-7-8-19-20(10-16)39-27(33-19)32-14(3)37/h4-10,12-13H,11H2,1-3H3,(H2,29,30,31)(H,32,33,37). The zero-order valence-electron chi connectivity index (χ0n) is 21.3. The number of aromatic nitrogens is 6. The molecule has 0 atom stereocenters. The number of hydrogen-bond donors (Lipinski definition) is 2. The van der Waals surface area contributed by atoms with Crippen LogP contribution < -0.4 is 16.6 Å². The van der Waals surface area contributed by atoms with Crippen LogP contribution in [0.3, 0.4) is 0 Å². The van der Waals surface area contributed by atoms with E-state index in [0.717, 1.165) is 26.9 Å². The number of rotatable bonds is 5. The van der Waals surface area contributed by atoms with Gasteiger partial charge in [0.15, 0.2) is 10.8 Å². The third-order valence-corrected chi connectivity index (χ3v) is 7.69. The highest BCUT2D eigenvalue weighted by atomic mass is 35.5. The topological polar surface area (TPSA) is 134 Å². The smallest absolute Gasteiger partial charge is 0.260 e. The van der Waals surface area contributed by atoms with Crippen LogP contribution in [0, 0.1) is 0 Å². The van der Waals surface area contributed by atoms with Crippen molar-refractivity contribution in [1.29, 1.82) is 0 Å². The third-order valence-electron chi connectivity index (χ3n) is 6.44. The van der Waals surface area contributed by atoms with E-state index in [-0.39, 0.29) is 24.1 Å². The van der Waals surface area contributed by atoms with Gasteiger partial charge in [-0.3, -0.25) is 9.59 Å². The summed E-state index contributed by atoms with van der Waals surface area (Å²) in [7, 11) is 0. The average Bonchev–Trinajstić information content (AvgIpc) is 3.44. The maximum atomic E-state index is 13.5. The van der Waals surface area contributed by atoms with Crippen molar-refractivity contribution in [2.75, 3.05) is 11.1 Å². The van der Waals surface area contributed by atoms with Crippen molar-refractivity contribution < 1.29 is 4.79 Å². The molecule has 6 aromatic rings. The fraction of sp³-hybridized carbons (Fsp3) is 0.185. The summed E-state index contributed by atoms with van der Waals surface area (Å²) in [5, 5.41) is 10.5. The molecule has 4 heterocycles. The first-order chi connectivity index (χ1) is 18.7. The second-order valence-corrected chi connectivity index (χ2v) is 10.9. The fourth-order valence-electron chi connectivity index (χ4n) is 4.85. The normalized spacial score (nSPS) is 11.7. The van der Waals surface area contributed by atoms with Gasteiger partial charge in [-0.15, -0.1) is 0 Å². The van der Waals surface area contributed by atoms with Crippen LogP contribution in [-0.4, -0.2) is 35.2 Å². The number of nitrogens with zero attached hydrogens (tertiary/aromatic N) is 6. The fourth-order valence-corrected chi connectivity index (χ4v) is 6.06. The Hall–Kier alpha value is -4.35. The van der Waals surface area contributed by atoms with E-state index in [1.807, 2.05) is 50.2 Å². The van der Waals surface area contributed by atoms with Gasteiger partial charge < -0.3 is 15.6 Å². The summed E-state index contributed by atoms with van der Waals surface area (Å²) in [4.78, 5) is 38.2. The van der Waals surface area contributed by atoms with Gasteiger partial charge in [-0.1, -0.05) is 41.1 Å². The zero-order chi connectivity index (χ0) is 27.4. The van der Waals surface area contributed by atoms with E-state index >= 15 is 0 Å². The number of fused-ring (bicyclic) bond motifs is 3. The highest BCUT2D eigenvalue weighted by Gasteiger charge is 2.21. The lowest BCUT2D eigenvalue weighted by Crippen LogP contribution is -2.27. The predicted molar refractivity (Wildman–Crippen MR) is 155 cm³/mol. The van der Waals surface area contributed by atoms with Crippen LogP contribution in [0.25, 0.3) is 43.3 Å². The van der Waals surface area contributed by atoms with Crippen LogP contribution in [0.15, 0.2) is 53.6 Å². The molecule has 12 heteroatoms. The Labute approximate surface area is 231 Å². The van der Waals surface area contributed by atoms with Crippen LogP contribution in [0.4, 0.5) is 10.9 Å². The molecule has 6 rings (SSSR count). The Morgan fingerprint density at radius 2 is 1.97 bits per heavy atom. The number of thiazole rings is 1. The summed E-state index contributed by atoms with van der Waals surface area (Å²) in [5.41, 5.74) is 9.67. The molecule has 3 N–H and O–H groups in total. The quantitative estimate of drug-likeness (QED) is 0.295. The Kier molecular flexibility index (Phi) is 6.04. The number of carbonyl (C=O) groups excluding carboxylic acids is 1. The second kappa shape index (κ2) is 9.44. The number of nitrogen functional groups attached to an aromatic ring is 1. The molecule has 0 unspecified atom stereocenters. The van der Waals surface area contributed by atoms with E-state index in [9.17, 15) is 9.59 Å². The number of benzene rings is 2. The van der Waals surface area contributed by atoms with Gasteiger partial charge in [-0.2, -0.15) is 5.10 Å². The molecule has 196 valence electrons. The van der Waals surface area contributed by atoms with Crippen LogP contribution in [0.2, 0.25) is 5.02 Å². The average molecular weight is 559 g/mol. The maximum absolute atomic E-state index is 13.5. The maximum Gasteiger partial charge on any atom is 0.260 e. The van der Waals surface area contributed by atoms with Crippen molar-refractivity contribution in [3.8, 4) is 11.3 Å². The molecule has 0 bridgehead atoms. The summed E-state index contributed by atoms with van der Waals surface area (Å²) in [5.74, 6) is 0.121. The van der Waals surface area contributed by atoms with Crippen LogP contribution >= 0.6 is 22.9 Å². The highest BCUT2D eigenvalue weighted by molar-refractivity contribution is 7.22. The van der Waals surface area contributed by atoms with E-state index in [0.29, 0.717) is 38.1 Å². The molecule has 10 nitrogen and oxygen atoms in total. The van der Waals surface area contributed by atoms with E-state index in [4.69, 9.17) is 22.4 Å². The summed E-state index contributed by atoms with van der Waals surface area (Å²) in [6.07, 6.45) is 1.40. The summed E-state index contributed by atoms with van der Waals surface area (Å²) in [6.45, 7) is 5.64. The van der Waals surface area contributed by atoms with Crippen LogP contribution in [0.5, 0.6) is 0 Å². The first-order valence-corrected chi connectivity index (χ1v) is 13.4. The van der Waals surface area contributed by atoms with E-state index < -0.39 is 0 Å². The number of halogens is 1.